The van der Waals surface area contributed by atoms with Crippen LogP contribution >= 0.6 is 0 Å². The van der Waals surface area contributed by atoms with E-state index in [9.17, 15) is 4.79 Å². The first-order valence-corrected chi connectivity index (χ1v) is 9.12. The van der Waals surface area contributed by atoms with Gasteiger partial charge in [-0.3, -0.25) is 9.79 Å². The lowest BCUT2D eigenvalue weighted by Gasteiger charge is -2.14. The van der Waals surface area contributed by atoms with Crippen LogP contribution in [0.1, 0.15) is 17.7 Å². The lowest BCUT2D eigenvalue weighted by molar-refractivity contribution is -0.116. The summed E-state index contributed by atoms with van der Waals surface area (Å²) in [6, 6.07) is 13.3. The van der Waals surface area contributed by atoms with E-state index in [2.05, 4.69) is 32.5 Å². The first kappa shape index (κ1) is 21.0. The van der Waals surface area contributed by atoms with Gasteiger partial charge in [-0.1, -0.05) is 36.9 Å². The number of aryl methyl sites for hydroxylation is 1. The maximum atomic E-state index is 12.0. The summed E-state index contributed by atoms with van der Waals surface area (Å²) in [4.78, 5) is 20.5. The Kier molecular flexibility index (Phi) is 8.52. The third-order valence-corrected chi connectivity index (χ3v) is 3.80. The van der Waals surface area contributed by atoms with Gasteiger partial charge in [0, 0.05) is 37.8 Å². The quantitative estimate of drug-likeness (QED) is 0.353. The summed E-state index contributed by atoms with van der Waals surface area (Å²) in [5.74, 6) is 1.86. The summed E-state index contributed by atoms with van der Waals surface area (Å²) in [6.45, 7) is 7.00. The number of aromatic nitrogens is 1. The Bertz CT molecular complexity index is 820. The summed E-state index contributed by atoms with van der Waals surface area (Å²) in [5.41, 5.74) is 1.87. The van der Waals surface area contributed by atoms with Crippen molar-refractivity contribution < 1.29 is 9.53 Å². The molecule has 2 rings (SSSR count). The third kappa shape index (κ3) is 7.11. The number of benzene rings is 1. The number of guanidine groups is 1. The highest BCUT2D eigenvalue weighted by molar-refractivity contribution is 5.90. The number of rotatable bonds is 9. The molecule has 1 heterocycles. The van der Waals surface area contributed by atoms with Crippen LogP contribution in [0.2, 0.25) is 0 Å². The van der Waals surface area contributed by atoms with Gasteiger partial charge in [-0.15, -0.1) is 0 Å². The largest absolute Gasteiger partial charge is 0.489 e. The molecule has 0 saturated heterocycles. The van der Waals surface area contributed by atoms with E-state index in [1.807, 2.05) is 43.3 Å². The van der Waals surface area contributed by atoms with Crippen molar-refractivity contribution in [2.24, 2.45) is 4.99 Å². The Morgan fingerprint density at radius 3 is 2.79 bits per heavy atom. The zero-order valence-corrected chi connectivity index (χ0v) is 16.4. The molecule has 0 spiro atoms. The van der Waals surface area contributed by atoms with Crippen molar-refractivity contribution >= 4 is 17.7 Å². The van der Waals surface area contributed by atoms with Gasteiger partial charge in [-0.2, -0.15) is 0 Å². The number of anilines is 1. The lowest BCUT2D eigenvalue weighted by atomic mass is 10.2. The molecule has 0 saturated carbocycles. The molecule has 0 fully saturated rings. The van der Waals surface area contributed by atoms with Crippen LogP contribution in [0.5, 0.6) is 5.75 Å². The molecule has 0 radical (unpaired) electrons. The molecule has 0 aliphatic rings. The number of carbonyl (C=O) groups excluding carboxylic acids is 1. The van der Waals surface area contributed by atoms with Gasteiger partial charge >= 0.3 is 0 Å². The lowest BCUT2D eigenvalue weighted by Crippen LogP contribution is -2.38. The number of nitrogens with one attached hydrogen (secondary N) is 3. The fraction of sp³-hybridized carbons (Fsp3) is 0.286. The number of para-hydroxylation sites is 1. The van der Waals surface area contributed by atoms with E-state index in [4.69, 9.17) is 4.74 Å². The van der Waals surface area contributed by atoms with Crippen LogP contribution in [-0.2, 0) is 11.3 Å². The Balaban J connectivity index is 1.77. The molecule has 7 heteroatoms. The first-order valence-electron chi connectivity index (χ1n) is 9.12. The summed E-state index contributed by atoms with van der Waals surface area (Å²) in [7, 11) is 1.69. The van der Waals surface area contributed by atoms with Gasteiger partial charge in [-0.05, 0) is 25.1 Å². The standard InChI is InChI=1S/C21H27N5O2/c1-4-14-28-18-10-6-5-9-17(18)15-24-21(22-3)23-13-12-20(27)26-19-11-7-8-16(2)25-19/h4-11H,1,12-15H2,2-3H3,(H2,22,23,24)(H,25,26,27). The fourth-order valence-corrected chi connectivity index (χ4v) is 2.45. The van der Waals surface area contributed by atoms with Crippen LogP contribution in [0.4, 0.5) is 5.82 Å². The fourth-order valence-electron chi connectivity index (χ4n) is 2.45. The monoisotopic (exact) mass is 381 g/mol. The predicted octanol–water partition coefficient (Wildman–Crippen LogP) is 2.65. The Morgan fingerprint density at radius 2 is 2.04 bits per heavy atom. The van der Waals surface area contributed by atoms with E-state index >= 15 is 0 Å². The molecule has 28 heavy (non-hydrogen) atoms. The number of pyridine rings is 1. The number of aliphatic imine (C=N–C) groups is 1. The molecule has 3 N–H and O–H groups in total. The van der Waals surface area contributed by atoms with Gasteiger partial charge in [-0.25, -0.2) is 4.98 Å². The highest BCUT2D eigenvalue weighted by Gasteiger charge is 2.06. The van der Waals surface area contributed by atoms with Gasteiger partial charge < -0.3 is 20.7 Å². The minimum absolute atomic E-state index is 0.107. The van der Waals surface area contributed by atoms with E-state index in [-0.39, 0.29) is 5.91 Å². The van der Waals surface area contributed by atoms with E-state index in [1.165, 1.54) is 0 Å². The summed E-state index contributed by atoms with van der Waals surface area (Å²) in [5, 5.41) is 9.14. The van der Waals surface area contributed by atoms with Crippen molar-refractivity contribution in [1.29, 1.82) is 0 Å². The Labute approximate surface area is 165 Å². The van der Waals surface area contributed by atoms with Gasteiger partial charge in [0.1, 0.15) is 18.2 Å². The van der Waals surface area contributed by atoms with Gasteiger partial charge in [0.15, 0.2) is 5.96 Å². The van der Waals surface area contributed by atoms with Crippen LogP contribution in [0.25, 0.3) is 0 Å². The number of carbonyl (C=O) groups is 1. The van der Waals surface area contributed by atoms with Crippen LogP contribution < -0.4 is 20.7 Å². The van der Waals surface area contributed by atoms with E-state index < -0.39 is 0 Å². The number of hydrogen-bond acceptors (Lipinski definition) is 4. The minimum Gasteiger partial charge on any atom is -0.489 e. The van der Waals surface area contributed by atoms with Crippen LogP contribution in [-0.4, -0.2) is 37.1 Å². The normalized spacial score (nSPS) is 10.9. The molecule has 148 valence electrons. The molecular formula is C21H27N5O2. The van der Waals surface area contributed by atoms with Crippen molar-refractivity contribution in [3.05, 3.63) is 66.4 Å². The number of ether oxygens (including phenoxy) is 1. The molecule has 0 aliphatic heterocycles. The maximum Gasteiger partial charge on any atom is 0.227 e. The summed E-state index contributed by atoms with van der Waals surface area (Å²) in [6.07, 6.45) is 2.01. The molecule has 7 nitrogen and oxygen atoms in total. The van der Waals surface area contributed by atoms with Gasteiger partial charge in [0.25, 0.3) is 0 Å². The number of hydrogen-bond donors (Lipinski definition) is 3. The molecule has 0 aliphatic carbocycles. The Hall–Kier alpha value is -3.35. The first-order chi connectivity index (χ1) is 13.6. The van der Waals surface area contributed by atoms with Crippen molar-refractivity contribution in [2.45, 2.75) is 19.9 Å². The minimum atomic E-state index is -0.107. The van der Waals surface area contributed by atoms with Gasteiger partial charge in [0.2, 0.25) is 5.91 Å². The second-order valence-electron chi connectivity index (χ2n) is 6.02. The van der Waals surface area contributed by atoms with Crippen molar-refractivity contribution in [3.63, 3.8) is 0 Å². The summed E-state index contributed by atoms with van der Waals surface area (Å²) < 4.78 is 5.65. The number of nitrogens with zero attached hydrogens (tertiary/aromatic N) is 2. The topological polar surface area (TPSA) is 87.6 Å². The van der Waals surface area contributed by atoms with Crippen molar-refractivity contribution in [3.8, 4) is 5.75 Å². The highest BCUT2D eigenvalue weighted by atomic mass is 16.5. The zero-order valence-electron chi connectivity index (χ0n) is 16.4. The van der Waals surface area contributed by atoms with Gasteiger partial charge in [0.05, 0.1) is 0 Å². The molecule has 1 aromatic carbocycles. The van der Waals surface area contributed by atoms with Crippen LogP contribution in [0, 0.1) is 6.92 Å². The number of amides is 1. The molecule has 2 aromatic rings. The molecular weight excluding hydrogens is 354 g/mol. The SMILES string of the molecule is C=CCOc1ccccc1CNC(=NC)NCCC(=O)Nc1cccc(C)n1. The van der Waals surface area contributed by atoms with Crippen molar-refractivity contribution in [2.75, 3.05) is 25.5 Å². The molecule has 0 unspecified atom stereocenters. The summed E-state index contributed by atoms with van der Waals surface area (Å²) >= 11 is 0. The van der Waals surface area contributed by atoms with E-state index in [0.717, 1.165) is 17.0 Å². The average Bonchev–Trinajstić information content (AvgIpc) is 2.69. The van der Waals surface area contributed by atoms with Crippen LogP contribution in [0.3, 0.4) is 0 Å². The molecule has 0 bridgehead atoms. The smallest absolute Gasteiger partial charge is 0.227 e. The second-order valence-corrected chi connectivity index (χ2v) is 6.02. The zero-order chi connectivity index (χ0) is 20.2. The Morgan fingerprint density at radius 1 is 1.21 bits per heavy atom. The maximum absolute atomic E-state index is 12.0. The second kappa shape index (κ2) is 11.4. The molecule has 1 amide bonds. The van der Waals surface area contributed by atoms with Crippen molar-refractivity contribution in [1.82, 2.24) is 15.6 Å². The third-order valence-electron chi connectivity index (χ3n) is 3.80. The van der Waals surface area contributed by atoms with Crippen LogP contribution in [0.15, 0.2) is 60.1 Å². The van der Waals surface area contributed by atoms with E-state index in [1.54, 1.807) is 19.2 Å². The average molecular weight is 381 g/mol. The predicted molar refractivity (Wildman–Crippen MR) is 113 cm³/mol. The highest BCUT2D eigenvalue weighted by Crippen LogP contribution is 2.17. The molecule has 0 atom stereocenters. The molecule has 1 aromatic heterocycles. The van der Waals surface area contributed by atoms with E-state index in [0.29, 0.717) is 37.9 Å².